The van der Waals surface area contributed by atoms with Gasteiger partial charge in [0.2, 0.25) is 11.8 Å². The molecule has 2 fully saturated rings. The van der Waals surface area contributed by atoms with E-state index in [1.54, 1.807) is 0 Å². The van der Waals surface area contributed by atoms with Crippen LogP contribution in [0.4, 0.5) is 0 Å². The molecular weight excluding hydrogens is 242 g/mol. The molecule has 2 aliphatic heterocycles. The molecule has 1 unspecified atom stereocenters. The second-order valence-electron chi connectivity index (χ2n) is 4.50. The Labute approximate surface area is 108 Å². The van der Waals surface area contributed by atoms with Crippen LogP contribution in [0.1, 0.15) is 32.1 Å². The number of hydrogen-bond acceptors (Lipinski definition) is 3. The lowest BCUT2D eigenvalue weighted by atomic mass is 10.0. The quantitative estimate of drug-likeness (QED) is 0.653. The fourth-order valence-corrected chi connectivity index (χ4v) is 2.26. The van der Waals surface area contributed by atoms with Gasteiger partial charge >= 0.3 is 0 Å². The van der Waals surface area contributed by atoms with Crippen molar-refractivity contribution in [3.05, 3.63) is 0 Å². The number of carbonyl (C=O) groups is 2. The van der Waals surface area contributed by atoms with Crippen LogP contribution >= 0.6 is 12.4 Å². The van der Waals surface area contributed by atoms with Gasteiger partial charge in [0.1, 0.15) is 6.04 Å². The number of rotatable bonds is 2. The van der Waals surface area contributed by atoms with Crippen LogP contribution in [0.5, 0.6) is 0 Å². The Bertz CT molecular complexity index is 280. The Kier molecular flexibility index (Phi) is 5.71. The molecule has 0 aromatic rings. The van der Waals surface area contributed by atoms with Crippen LogP contribution in [0, 0.1) is 0 Å². The molecule has 3 N–H and O–H groups in total. The van der Waals surface area contributed by atoms with E-state index in [2.05, 4.69) is 16.0 Å². The third-order valence-corrected chi connectivity index (χ3v) is 3.23. The van der Waals surface area contributed by atoms with Gasteiger partial charge < -0.3 is 16.0 Å². The van der Waals surface area contributed by atoms with Crippen LogP contribution in [0.25, 0.3) is 0 Å². The van der Waals surface area contributed by atoms with E-state index in [1.807, 2.05) is 0 Å². The van der Waals surface area contributed by atoms with Crippen molar-refractivity contribution in [3.63, 3.8) is 0 Å². The first-order valence-electron chi connectivity index (χ1n) is 6.09. The van der Waals surface area contributed by atoms with Gasteiger partial charge in [-0.2, -0.15) is 0 Å². The molecule has 0 aliphatic carbocycles. The van der Waals surface area contributed by atoms with Gasteiger partial charge in [-0.15, -0.1) is 12.4 Å². The summed E-state index contributed by atoms with van der Waals surface area (Å²) in [6.07, 6.45) is 4.79. The lowest BCUT2D eigenvalue weighted by Gasteiger charge is -2.27. The molecule has 0 aromatic carbocycles. The minimum atomic E-state index is -0.329. The van der Waals surface area contributed by atoms with E-state index in [0.29, 0.717) is 0 Å². The number of carbonyl (C=O) groups excluding carboxylic acids is 2. The number of hydrogen-bond donors (Lipinski definition) is 3. The van der Waals surface area contributed by atoms with Crippen molar-refractivity contribution in [3.8, 4) is 0 Å². The van der Waals surface area contributed by atoms with Gasteiger partial charge in [0.25, 0.3) is 0 Å². The maximum Gasteiger partial charge on any atom is 0.242 e. The predicted molar refractivity (Wildman–Crippen MR) is 67.1 cm³/mol. The van der Waals surface area contributed by atoms with Crippen molar-refractivity contribution in [1.82, 2.24) is 16.0 Å². The Hall–Kier alpha value is -0.810. The van der Waals surface area contributed by atoms with Gasteiger partial charge in [-0.25, -0.2) is 0 Å². The second-order valence-corrected chi connectivity index (χ2v) is 4.50. The average Bonchev–Trinajstić information content (AvgIpc) is 2.33. The van der Waals surface area contributed by atoms with Crippen molar-refractivity contribution in [2.24, 2.45) is 0 Å². The van der Waals surface area contributed by atoms with Crippen molar-refractivity contribution in [2.75, 3.05) is 13.1 Å². The fraction of sp³-hybridized carbons (Fsp3) is 0.818. The van der Waals surface area contributed by atoms with E-state index in [-0.39, 0.29) is 36.3 Å². The first-order valence-corrected chi connectivity index (χ1v) is 6.09. The summed E-state index contributed by atoms with van der Waals surface area (Å²) in [5.41, 5.74) is 0. The van der Waals surface area contributed by atoms with Gasteiger partial charge in [0, 0.05) is 6.54 Å². The SMILES string of the molecule is Cl.O=C1NCCCC1NC(=O)[C@H]1CCCCN1. The van der Waals surface area contributed by atoms with Crippen molar-refractivity contribution >= 4 is 24.2 Å². The summed E-state index contributed by atoms with van der Waals surface area (Å²) in [5.74, 6) is -0.0721. The molecule has 6 heteroatoms. The monoisotopic (exact) mass is 261 g/mol. The molecule has 2 saturated heterocycles. The molecule has 2 atom stereocenters. The van der Waals surface area contributed by atoms with Gasteiger partial charge in [-0.1, -0.05) is 6.42 Å². The van der Waals surface area contributed by atoms with Crippen molar-refractivity contribution in [2.45, 2.75) is 44.2 Å². The van der Waals surface area contributed by atoms with Gasteiger partial charge in [-0.3, -0.25) is 9.59 Å². The topological polar surface area (TPSA) is 70.2 Å². The standard InChI is InChI=1S/C11H19N3O2.ClH/c15-10-9(5-3-7-13-10)14-11(16)8-4-1-2-6-12-8;/h8-9,12H,1-7H2,(H,13,15)(H,14,16);1H/t8-,9?;/m1./s1. The maximum absolute atomic E-state index is 11.9. The first kappa shape index (κ1) is 14.3. The summed E-state index contributed by atoms with van der Waals surface area (Å²) < 4.78 is 0. The molecule has 0 radical (unpaired) electrons. The lowest BCUT2D eigenvalue weighted by molar-refractivity contribution is -0.131. The third-order valence-electron chi connectivity index (χ3n) is 3.23. The highest BCUT2D eigenvalue weighted by atomic mass is 35.5. The zero-order chi connectivity index (χ0) is 11.4. The number of piperidine rings is 2. The molecule has 0 spiro atoms. The summed E-state index contributed by atoms with van der Waals surface area (Å²) in [6.45, 7) is 1.63. The molecule has 0 aromatic heterocycles. The Balaban J connectivity index is 0.00000144. The van der Waals surface area contributed by atoms with Crippen LogP contribution in [-0.4, -0.2) is 37.0 Å². The van der Waals surface area contributed by atoms with E-state index in [9.17, 15) is 9.59 Å². The fourth-order valence-electron chi connectivity index (χ4n) is 2.26. The highest BCUT2D eigenvalue weighted by Gasteiger charge is 2.27. The Morgan fingerprint density at radius 2 is 2.00 bits per heavy atom. The summed E-state index contributed by atoms with van der Waals surface area (Å²) in [7, 11) is 0. The Morgan fingerprint density at radius 1 is 1.18 bits per heavy atom. The lowest BCUT2D eigenvalue weighted by Crippen LogP contribution is -2.55. The van der Waals surface area contributed by atoms with E-state index in [1.165, 1.54) is 0 Å². The van der Waals surface area contributed by atoms with Crippen LogP contribution in [-0.2, 0) is 9.59 Å². The smallest absolute Gasteiger partial charge is 0.242 e. The van der Waals surface area contributed by atoms with Gasteiger partial charge in [0.15, 0.2) is 0 Å². The molecular formula is C11H20ClN3O2. The summed E-state index contributed by atoms with van der Waals surface area (Å²) in [4.78, 5) is 23.3. The largest absolute Gasteiger partial charge is 0.354 e. The summed E-state index contributed by atoms with van der Waals surface area (Å²) in [6, 6.07) is -0.437. The summed E-state index contributed by atoms with van der Waals surface area (Å²) in [5, 5.41) is 8.77. The molecule has 98 valence electrons. The van der Waals surface area contributed by atoms with E-state index < -0.39 is 0 Å². The van der Waals surface area contributed by atoms with Crippen molar-refractivity contribution in [1.29, 1.82) is 0 Å². The molecule has 2 amide bonds. The zero-order valence-electron chi connectivity index (χ0n) is 9.83. The number of amides is 2. The van der Waals surface area contributed by atoms with Crippen LogP contribution in [0.2, 0.25) is 0 Å². The molecule has 2 heterocycles. The van der Waals surface area contributed by atoms with Crippen LogP contribution in [0.3, 0.4) is 0 Å². The minimum absolute atomic E-state index is 0. The zero-order valence-corrected chi connectivity index (χ0v) is 10.6. The third kappa shape index (κ3) is 3.85. The molecule has 5 nitrogen and oxygen atoms in total. The highest BCUT2D eigenvalue weighted by molar-refractivity contribution is 5.90. The second kappa shape index (κ2) is 6.81. The first-order chi connectivity index (χ1) is 7.77. The minimum Gasteiger partial charge on any atom is -0.354 e. The molecule has 2 aliphatic rings. The average molecular weight is 262 g/mol. The van der Waals surface area contributed by atoms with E-state index in [0.717, 1.165) is 45.2 Å². The van der Waals surface area contributed by atoms with Gasteiger partial charge in [0.05, 0.1) is 6.04 Å². The molecule has 0 saturated carbocycles. The van der Waals surface area contributed by atoms with Crippen molar-refractivity contribution < 1.29 is 9.59 Å². The molecule has 17 heavy (non-hydrogen) atoms. The summed E-state index contributed by atoms with van der Waals surface area (Å²) >= 11 is 0. The Morgan fingerprint density at radius 3 is 2.65 bits per heavy atom. The van der Waals surface area contributed by atoms with E-state index in [4.69, 9.17) is 0 Å². The highest BCUT2D eigenvalue weighted by Crippen LogP contribution is 2.09. The van der Waals surface area contributed by atoms with Gasteiger partial charge in [-0.05, 0) is 32.2 Å². The van der Waals surface area contributed by atoms with Crippen LogP contribution < -0.4 is 16.0 Å². The number of halogens is 1. The molecule has 0 bridgehead atoms. The maximum atomic E-state index is 11.9. The normalized spacial score (nSPS) is 28.8. The van der Waals surface area contributed by atoms with E-state index >= 15 is 0 Å². The van der Waals surface area contributed by atoms with Crippen LogP contribution in [0.15, 0.2) is 0 Å². The molecule has 2 rings (SSSR count). The predicted octanol–water partition coefficient (Wildman–Crippen LogP) is -0.0549. The number of nitrogens with one attached hydrogen (secondary N) is 3.